The number of aryl methyl sites for hydroxylation is 1. The monoisotopic (exact) mass is 506 g/mol. The van der Waals surface area contributed by atoms with Crippen molar-refractivity contribution in [3.05, 3.63) is 74.0 Å². The molecule has 0 aliphatic carbocycles. The number of pyridine rings is 1. The Balaban J connectivity index is 1.69. The third kappa shape index (κ3) is 5.14. The summed E-state index contributed by atoms with van der Waals surface area (Å²) in [5.74, 6) is 0.661. The molecule has 0 saturated carbocycles. The lowest BCUT2D eigenvalue weighted by Gasteiger charge is -2.34. The normalized spacial score (nSPS) is 17.3. The van der Waals surface area contributed by atoms with Gasteiger partial charge in [-0.3, -0.25) is 9.69 Å². The van der Waals surface area contributed by atoms with Gasteiger partial charge in [0.25, 0.3) is 5.56 Å². The molecule has 1 N–H and O–H groups in total. The van der Waals surface area contributed by atoms with Gasteiger partial charge in [-0.15, -0.1) is 16.4 Å². The minimum atomic E-state index is -0.441. The van der Waals surface area contributed by atoms with E-state index in [2.05, 4.69) is 82.7 Å². The van der Waals surface area contributed by atoms with Crippen LogP contribution in [0, 0.1) is 0 Å². The molecule has 1 aromatic carbocycles. The van der Waals surface area contributed by atoms with E-state index in [0.717, 1.165) is 36.8 Å². The number of H-pyrrole nitrogens is 1. The molecule has 0 unspecified atom stereocenters. The van der Waals surface area contributed by atoms with Gasteiger partial charge in [0.1, 0.15) is 6.04 Å². The van der Waals surface area contributed by atoms with Crippen molar-refractivity contribution in [3.63, 3.8) is 0 Å². The Bertz CT molecular complexity index is 1370. The molecule has 1 aliphatic heterocycles. The van der Waals surface area contributed by atoms with Gasteiger partial charge in [0, 0.05) is 35.7 Å². The number of rotatable bonds is 8. The first kappa shape index (κ1) is 24.8. The van der Waals surface area contributed by atoms with Crippen molar-refractivity contribution < 1.29 is 4.74 Å². The van der Waals surface area contributed by atoms with E-state index in [1.807, 2.05) is 16.8 Å². The van der Waals surface area contributed by atoms with Crippen LogP contribution < -0.4 is 5.56 Å². The zero-order valence-electron chi connectivity index (χ0n) is 21.4. The maximum absolute atomic E-state index is 13.6. The number of aromatic amines is 1. The van der Waals surface area contributed by atoms with Gasteiger partial charge >= 0.3 is 0 Å². The van der Waals surface area contributed by atoms with E-state index in [1.165, 1.54) is 10.4 Å². The molecule has 5 rings (SSSR count). The Labute approximate surface area is 215 Å². The maximum Gasteiger partial charge on any atom is 0.253 e. The second-order valence-corrected chi connectivity index (χ2v) is 11.5. The first-order chi connectivity index (χ1) is 17.3. The van der Waals surface area contributed by atoms with Crippen LogP contribution >= 0.6 is 11.3 Å². The van der Waals surface area contributed by atoms with Gasteiger partial charge in [0.05, 0.1) is 11.6 Å². The number of tetrazole rings is 1. The molecule has 2 atom stereocenters. The van der Waals surface area contributed by atoms with Gasteiger partial charge in [-0.25, -0.2) is 4.68 Å². The fraction of sp³-hybridized carbons (Fsp3) is 0.481. The van der Waals surface area contributed by atoms with Crippen molar-refractivity contribution >= 4 is 22.2 Å². The van der Waals surface area contributed by atoms with E-state index in [9.17, 15) is 4.79 Å². The average molecular weight is 507 g/mol. The second kappa shape index (κ2) is 10.2. The first-order valence-electron chi connectivity index (χ1n) is 12.7. The third-order valence-corrected chi connectivity index (χ3v) is 7.64. The van der Waals surface area contributed by atoms with Gasteiger partial charge in [-0.1, -0.05) is 19.1 Å². The maximum atomic E-state index is 13.6. The van der Waals surface area contributed by atoms with Gasteiger partial charge in [-0.05, 0) is 91.1 Å². The van der Waals surface area contributed by atoms with E-state index in [-0.39, 0.29) is 17.2 Å². The Morgan fingerprint density at radius 3 is 2.83 bits per heavy atom. The van der Waals surface area contributed by atoms with Crippen molar-refractivity contribution in [2.24, 2.45) is 0 Å². The Kier molecular flexibility index (Phi) is 7.05. The van der Waals surface area contributed by atoms with Crippen LogP contribution in [0.25, 0.3) is 10.9 Å². The summed E-state index contributed by atoms with van der Waals surface area (Å²) >= 11 is 1.71. The highest BCUT2D eigenvalue weighted by Gasteiger charge is 2.35. The molecule has 0 spiro atoms. The molecule has 36 heavy (non-hydrogen) atoms. The molecule has 8 nitrogen and oxygen atoms in total. The topological polar surface area (TPSA) is 88.9 Å². The van der Waals surface area contributed by atoms with Gasteiger partial charge in [0.2, 0.25) is 0 Å². The minimum Gasteiger partial charge on any atom is -0.377 e. The van der Waals surface area contributed by atoms with Crippen LogP contribution in [0.1, 0.15) is 68.4 Å². The highest BCUT2D eigenvalue weighted by molar-refractivity contribution is 7.09. The largest absolute Gasteiger partial charge is 0.377 e. The number of nitrogens with zero attached hydrogens (tertiary/aromatic N) is 5. The number of fused-ring (bicyclic) bond motifs is 1. The van der Waals surface area contributed by atoms with E-state index in [4.69, 9.17) is 4.74 Å². The molecule has 0 bridgehead atoms. The summed E-state index contributed by atoms with van der Waals surface area (Å²) < 4.78 is 7.90. The number of hydrogen-bond acceptors (Lipinski definition) is 7. The van der Waals surface area contributed by atoms with Crippen LogP contribution in [0.15, 0.2) is 46.6 Å². The molecule has 0 amide bonds. The number of thiophene rings is 1. The van der Waals surface area contributed by atoms with Crippen molar-refractivity contribution in [1.29, 1.82) is 0 Å². The molecule has 4 aromatic rings. The van der Waals surface area contributed by atoms with E-state index in [1.54, 1.807) is 11.3 Å². The molecule has 1 aliphatic rings. The summed E-state index contributed by atoms with van der Waals surface area (Å²) in [5.41, 5.74) is 2.23. The summed E-state index contributed by atoms with van der Waals surface area (Å²) in [7, 11) is 0. The standard InChI is InChI=1S/C27H34N6O2S/c1-5-18-10-11-23-19(14-18)15-22(26(34)28-23)24(25-29-30-31-33(25)27(2,3)4)32(16-20-8-6-12-35-20)17-21-9-7-13-36-21/h7,9-11,13-15,20,24H,5-6,8,12,16-17H2,1-4H3,(H,28,34)/t20-,24-/m0/s1. The second-order valence-electron chi connectivity index (χ2n) is 10.5. The summed E-state index contributed by atoms with van der Waals surface area (Å²) in [6.07, 6.45) is 3.10. The first-order valence-corrected chi connectivity index (χ1v) is 13.5. The minimum absolute atomic E-state index is 0.109. The van der Waals surface area contributed by atoms with Crippen LogP contribution in [-0.4, -0.2) is 49.3 Å². The summed E-state index contributed by atoms with van der Waals surface area (Å²) in [5, 5.41) is 16.0. The van der Waals surface area contributed by atoms with Crippen molar-refractivity contribution in [2.75, 3.05) is 13.2 Å². The van der Waals surface area contributed by atoms with Crippen LogP contribution in [-0.2, 0) is 23.2 Å². The molecular formula is C27H34N6O2S. The lowest BCUT2D eigenvalue weighted by molar-refractivity contribution is 0.0569. The number of aromatic nitrogens is 5. The number of hydrogen-bond donors (Lipinski definition) is 1. The highest BCUT2D eigenvalue weighted by atomic mass is 32.1. The highest BCUT2D eigenvalue weighted by Crippen LogP contribution is 2.32. The van der Waals surface area contributed by atoms with Crippen molar-refractivity contribution in [2.45, 2.75) is 71.2 Å². The molecule has 190 valence electrons. The van der Waals surface area contributed by atoms with Gasteiger partial charge in [-0.2, -0.15) is 0 Å². The number of nitrogens with one attached hydrogen (secondary N) is 1. The lowest BCUT2D eigenvalue weighted by Crippen LogP contribution is -2.40. The molecular weight excluding hydrogens is 472 g/mol. The van der Waals surface area contributed by atoms with E-state index in [0.29, 0.717) is 24.5 Å². The molecule has 0 radical (unpaired) electrons. The van der Waals surface area contributed by atoms with Crippen LogP contribution in [0.5, 0.6) is 0 Å². The molecule has 9 heteroatoms. The SMILES string of the molecule is CCc1ccc2[nH]c(=O)c([C@@H](c3nnnn3C(C)(C)C)N(Cc3cccs3)C[C@@H]3CCCO3)cc2c1. The smallest absolute Gasteiger partial charge is 0.253 e. The van der Waals surface area contributed by atoms with Gasteiger partial charge < -0.3 is 9.72 Å². The molecule has 1 saturated heterocycles. The zero-order chi connectivity index (χ0) is 25.3. The third-order valence-electron chi connectivity index (χ3n) is 6.78. The predicted molar refractivity (Wildman–Crippen MR) is 142 cm³/mol. The lowest BCUT2D eigenvalue weighted by atomic mass is 10.00. The van der Waals surface area contributed by atoms with Crippen LogP contribution in [0.2, 0.25) is 0 Å². The van der Waals surface area contributed by atoms with Crippen molar-refractivity contribution in [1.82, 2.24) is 30.1 Å². The van der Waals surface area contributed by atoms with Crippen LogP contribution in [0.4, 0.5) is 0 Å². The zero-order valence-corrected chi connectivity index (χ0v) is 22.2. The summed E-state index contributed by atoms with van der Waals surface area (Å²) in [4.78, 5) is 20.3. The summed E-state index contributed by atoms with van der Waals surface area (Å²) in [6.45, 7) is 10.5. The fourth-order valence-electron chi connectivity index (χ4n) is 4.95. The molecule has 1 fully saturated rings. The Morgan fingerprint density at radius 1 is 1.28 bits per heavy atom. The molecule has 4 heterocycles. The number of benzene rings is 1. The molecule has 3 aromatic heterocycles. The van der Waals surface area contributed by atoms with E-state index >= 15 is 0 Å². The predicted octanol–water partition coefficient (Wildman–Crippen LogP) is 4.66. The Hall–Kier alpha value is -2.88. The Morgan fingerprint density at radius 2 is 2.14 bits per heavy atom. The fourth-order valence-corrected chi connectivity index (χ4v) is 5.68. The van der Waals surface area contributed by atoms with Gasteiger partial charge in [0.15, 0.2) is 5.82 Å². The quantitative estimate of drug-likeness (QED) is 0.374. The van der Waals surface area contributed by atoms with E-state index < -0.39 is 6.04 Å². The average Bonchev–Trinajstić information content (AvgIpc) is 3.62. The van der Waals surface area contributed by atoms with Crippen molar-refractivity contribution in [3.8, 4) is 0 Å². The number of ether oxygens (including phenoxy) is 1. The summed E-state index contributed by atoms with van der Waals surface area (Å²) in [6, 6.07) is 12.0. The van der Waals surface area contributed by atoms with Crippen LogP contribution in [0.3, 0.4) is 0 Å².